The molecule has 0 aliphatic carbocycles. The molecular weight excluding hydrogens is 314 g/mol. The molecule has 1 fully saturated rings. The summed E-state index contributed by atoms with van der Waals surface area (Å²) in [5.41, 5.74) is 0.740. The predicted octanol–water partition coefficient (Wildman–Crippen LogP) is 1.76. The molecule has 1 amide bonds. The second kappa shape index (κ2) is 6.60. The number of hydrogen-bond acceptors (Lipinski definition) is 5. The minimum absolute atomic E-state index is 0.0653. The third-order valence-electron chi connectivity index (χ3n) is 4.24. The molecule has 1 atom stereocenters. The highest BCUT2D eigenvalue weighted by molar-refractivity contribution is 6.30. The van der Waals surface area contributed by atoms with Gasteiger partial charge in [0.05, 0.1) is 22.6 Å². The maximum Gasteiger partial charge on any atom is 0.246 e. The van der Waals surface area contributed by atoms with Crippen LogP contribution in [0.1, 0.15) is 24.2 Å². The van der Waals surface area contributed by atoms with E-state index in [9.17, 15) is 4.79 Å². The minimum Gasteiger partial charge on any atom is -0.357 e. The van der Waals surface area contributed by atoms with E-state index < -0.39 is 5.54 Å². The average molecular weight is 332 g/mol. The SMILES string of the molecule is CNC(=O)[C@@]1(c2cnccn2)CCCN1Cc1ccc(Cl)cn1. The van der Waals surface area contributed by atoms with Crippen LogP contribution in [-0.4, -0.2) is 39.4 Å². The summed E-state index contributed by atoms with van der Waals surface area (Å²) in [5.74, 6) is -0.0653. The van der Waals surface area contributed by atoms with Gasteiger partial charge in [0.15, 0.2) is 0 Å². The van der Waals surface area contributed by atoms with Crippen LogP contribution in [0, 0.1) is 0 Å². The maximum atomic E-state index is 12.7. The first kappa shape index (κ1) is 15.8. The Morgan fingerprint density at radius 2 is 2.22 bits per heavy atom. The van der Waals surface area contributed by atoms with Gasteiger partial charge < -0.3 is 5.32 Å². The second-order valence-corrected chi connectivity index (χ2v) is 5.96. The molecule has 7 heteroatoms. The van der Waals surface area contributed by atoms with E-state index in [1.54, 1.807) is 31.8 Å². The van der Waals surface area contributed by atoms with Crippen molar-refractivity contribution in [1.82, 2.24) is 25.2 Å². The molecule has 2 aromatic rings. The highest BCUT2D eigenvalue weighted by atomic mass is 35.5. The van der Waals surface area contributed by atoms with E-state index in [1.165, 1.54) is 0 Å². The first-order chi connectivity index (χ1) is 11.2. The van der Waals surface area contributed by atoms with Crippen molar-refractivity contribution < 1.29 is 4.79 Å². The van der Waals surface area contributed by atoms with Gasteiger partial charge in [0.2, 0.25) is 5.91 Å². The Hall–Kier alpha value is -2.05. The van der Waals surface area contributed by atoms with Gasteiger partial charge in [0, 0.05) is 38.7 Å². The van der Waals surface area contributed by atoms with Gasteiger partial charge in [-0.25, -0.2) is 0 Å². The molecular formula is C16H18ClN5O. The normalized spacial score (nSPS) is 21.3. The van der Waals surface area contributed by atoms with Crippen molar-refractivity contribution in [3.63, 3.8) is 0 Å². The number of hydrogen-bond donors (Lipinski definition) is 1. The Bertz CT molecular complexity index is 679. The molecule has 1 N–H and O–H groups in total. The number of nitrogens with zero attached hydrogens (tertiary/aromatic N) is 4. The minimum atomic E-state index is -0.801. The molecule has 3 rings (SSSR count). The van der Waals surface area contributed by atoms with E-state index >= 15 is 0 Å². The van der Waals surface area contributed by atoms with E-state index in [1.807, 2.05) is 12.1 Å². The van der Waals surface area contributed by atoms with Gasteiger partial charge in [0.25, 0.3) is 0 Å². The number of likely N-dealkylation sites (tertiary alicyclic amines) is 1. The second-order valence-electron chi connectivity index (χ2n) is 5.52. The summed E-state index contributed by atoms with van der Waals surface area (Å²) in [5, 5.41) is 3.38. The zero-order valence-electron chi connectivity index (χ0n) is 12.9. The summed E-state index contributed by atoms with van der Waals surface area (Å²) < 4.78 is 0. The summed E-state index contributed by atoms with van der Waals surface area (Å²) in [6.45, 7) is 1.36. The van der Waals surface area contributed by atoms with Crippen LogP contribution in [0.4, 0.5) is 0 Å². The fraction of sp³-hybridized carbons (Fsp3) is 0.375. The average Bonchev–Trinajstić information content (AvgIpc) is 3.01. The summed E-state index contributed by atoms with van der Waals surface area (Å²) >= 11 is 5.89. The van der Waals surface area contributed by atoms with Crippen LogP contribution >= 0.6 is 11.6 Å². The van der Waals surface area contributed by atoms with Gasteiger partial charge in [-0.2, -0.15) is 0 Å². The molecule has 0 saturated carbocycles. The van der Waals surface area contributed by atoms with E-state index in [0.29, 0.717) is 23.7 Å². The molecule has 3 heterocycles. The molecule has 0 spiro atoms. The number of carbonyl (C=O) groups excluding carboxylic acids is 1. The molecule has 6 nitrogen and oxygen atoms in total. The Morgan fingerprint density at radius 3 is 2.87 bits per heavy atom. The van der Waals surface area contributed by atoms with E-state index in [4.69, 9.17) is 11.6 Å². The summed E-state index contributed by atoms with van der Waals surface area (Å²) in [4.78, 5) is 27.7. The number of halogens is 1. The van der Waals surface area contributed by atoms with Crippen molar-refractivity contribution in [2.24, 2.45) is 0 Å². The molecule has 1 saturated heterocycles. The Balaban J connectivity index is 1.97. The fourth-order valence-electron chi connectivity index (χ4n) is 3.17. The fourth-order valence-corrected chi connectivity index (χ4v) is 3.28. The first-order valence-electron chi connectivity index (χ1n) is 7.51. The van der Waals surface area contributed by atoms with E-state index in [2.05, 4.69) is 25.2 Å². The van der Waals surface area contributed by atoms with E-state index in [-0.39, 0.29) is 5.91 Å². The van der Waals surface area contributed by atoms with Crippen molar-refractivity contribution in [1.29, 1.82) is 0 Å². The number of aromatic nitrogens is 3. The van der Waals surface area contributed by atoms with Crippen LogP contribution in [0.5, 0.6) is 0 Å². The Labute approximate surface area is 139 Å². The third kappa shape index (κ3) is 2.92. The Kier molecular flexibility index (Phi) is 4.54. The number of likely N-dealkylation sites (N-methyl/N-ethyl adjacent to an activating group) is 1. The van der Waals surface area contributed by atoms with Gasteiger partial charge in [-0.1, -0.05) is 11.6 Å². The number of rotatable bonds is 4. The molecule has 0 bridgehead atoms. The smallest absolute Gasteiger partial charge is 0.246 e. The van der Waals surface area contributed by atoms with Crippen molar-refractivity contribution in [2.45, 2.75) is 24.9 Å². The molecule has 120 valence electrons. The van der Waals surface area contributed by atoms with Gasteiger partial charge in [-0.3, -0.25) is 24.6 Å². The number of nitrogens with one attached hydrogen (secondary N) is 1. The largest absolute Gasteiger partial charge is 0.357 e. The number of amides is 1. The molecule has 0 unspecified atom stereocenters. The zero-order chi connectivity index (χ0) is 16.3. The van der Waals surface area contributed by atoms with Crippen LogP contribution in [0.25, 0.3) is 0 Å². The van der Waals surface area contributed by atoms with Gasteiger partial charge >= 0.3 is 0 Å². The van der Waals surface area contributed by atoms with Crippen LogP contribution in [0.15, 0.2) is 36.9 Å². The summed E-state index contributed by atoms with van der Waals surface area (Å²) in [6.07, 6.45) is 8.15. The highest BCUT2D eigenvalue weighted by Crippen LogP contribution is 2.38. The number of carbonyl (C=O) groups is 1. The highest BCUT2D eigenvalue weighted by Gasteiger charge is 2.49. The standard InChI is InChI=1S/C16H18ClN5O/c1-18-15(23)16(14-10-19-6-7-20-14)5-2-8-22(16)11-13-4-3-12(17)9-21-13/h3-4,6-7,9-10H,2,5,8,11H2,1H3,(H,18,23)/t16-/m0/s1. The van der Waals surface area contributed by atoms with Crippen molar-refractivity contribution in [2.75, 3.05) is 13.6 Å². The lowest BCUT2D eigenvalue weighted by molar-refractivity contribution is -0.132. The number of pyridine rings is 1. The summed E-state index contributed by atoms with van der Waals surface area (Å²) in [6, 6.07) is 3.69. The van der Waals surface area contributed by atoms with Crippen LogP contribution in [0.2, 0.25) is 5.02 Å². The van der Waals surface area contributed by atoms with Crippen molar-refractivity contribution in [3.8, 4) is 0 Å². The quantitative estimate of drug-likeness (QED) is 0.924. The molecule has 1 aliphatic rings. The van der Waals surface area contributed by atoms with Crippen molar-refractivity contribution >= 4 is 17.5 Å². The van der Waals surface area contributed by atoms with Gasteiger partial charge in [-0.05, 0) is 25.0 Å². The van der Waals surface area contributed by atoms with Crippen LogP contribution in [-0.2, 0) is 16.9 Å². The topological polar surface area (TPSA) is 71.0 Å². The monoisotopic (exact) mass is 331 g/mol. The van der Waals surface area contributed by atoms with Gasteiger partial charge in [-0.15, -0.1) is 0 Å². The molecule has 23 heavy (non-hydrogen) atoms. The van der Waals surface area contributed by atoms with Crippen molar-refractivity contribution in [3.05, 3.63) is 53.3 Å². The molecule has 2 aromatic heterocycles. The molecule has 0 aromatic carbocycles. The molecule has 1 aliphatic heterocycles. The van der Waals surface area contributed by atoms with Crippen LogP contribution in [0.3, 0.4) is 0 Å². The first-order valence-corrected chi connectivity index (χ1v) is 7.89. The predicted molar refractivity (Wildman–Crippen MR) is 86.7 cm³/mol. The molecule has 0 radical (unpaired) electrons. The lowest BCUT2D eigenvalue weighted by atomic mass is 9.90. The van der Waals surface area contributed by atoms with Crippen LogP contribution < -0.4 is 5.32 Å². The summed E-state index contributed by atoms with van der Waals surface area (Å²) in [7, 11) is 1.65. The zero-order valence-corrected chi connectivity index (χ0v) is 13.6. The maximum absolute atomic E-state index is 12.7. The lowest BCUT2D eigenvalue weighted by Gasteiger charge is -2.35. The lowest BCUT2D eigenvalue weighted by Crippen LogP contribution is -2.52. The Morgan fingerprint density at radius 1 is 1.35 bits per heavy atom. The van der Waals surface area contributed by atoms with Gasteiger partial charge in [0.1, 0.15) is 5.54 Å². The third-order valence-corrected chi connectivity index (χ3v) is 4.46. The van der Waals surface area contributed by atoms with E-state index in [0.717, 1.165) is 18.7 Å².